The van der Waals surface area contributed by atoms with Gasteiger partial charge in [-0.05, 0) is 64.6 Å². The molecule has 0 heterocycles. The van der Waals surface area contributed by atoms with Crippen LogP contribution in [-0.4, -0.2) is 32.7 Å². The monoisotopic (exact) mass is 570 g/mol. The lowest BCUT2D eigenvalue weighted by Crippen LogP contribution is -2.14. The maximum Gasteiger partial charge on any atom is 0.343 e. The number of carbonyl (C=O) groups excluding carboxylic acids is 2. The van der Waals surface area contributed by atoms with Crippen molar-refractivity contribution in [2.24, 2.45) is 0 Å². The van der Waals surface area contributed by atoms with Crippen LogP contribution in [0.3, 0.4) is 0 Å². The molecular weight excluding hydrogens is 555 g/mol. The molecule has 7 nitrogen and oxygen atoms in total. The summed E-state index contributed by atoms with van der Waals surface area (Å²) < 4.78 is 16.8. The van der Waals surface area contributed by atoms with Crippen LogP contribution < -0.4 is 14.8 Å². The molecule has 1 amide bonds. The van der Waals surface area contributed by atoms with E-state index in [2.05, 4.69) is 26.0 Å². The number of nitrogens with zero attached hydrogens (tertiary/aromatic N) is 1. The van der Waals surface area contributed by atoms with Gasteiger partial charge < -0.3 is 19.5 Å². The Morgan fingerprint density at radius 3 is 2.66 bits per heavy atom. The Morgan fingerprint density at radius 2 is 2.03 bits per heavy atom. The number of rotatable bonds is 7. The van der Waals surface area contributed by atoms with Gasteiger partial charge >= 0.3 is 5.97 Å². The van der Waals surface area contributed by atoms with E-state index in [1.54, 1.807) is 30.3 Å². The number of anilines is 1. The number of benzene rings is 2. The predicted octanol–water partition coefficient (Wildman–Crippen LogP) is 4.16. The summed E-state index contributed by atoms with van der Waals surface area (Å²) in [7, 11) is 2.72. The highest BCUT2D eigenvalue weighted by Gasteiger charge is 2.15. The normalized spacial score (nSPS) is 10.7. The van der Waals surface area contributed by atoms with E-state index in [1.165, 1.54) is 20.3 Å². The summed E-state index contributed by atoms with van der Waals surface area (Å²) in [6.45, 7) is -0.267. The molecule has 0 unspecified atom stereocenters. The van der Waals surface area contributed by atoms with E-state index < -0.39 is 11.9 Å². The van der Waals surface area contributed by atoms with Crippen LogP contribution in [0.2, 0.25) is 0 Å². The lowest BCUT2D eigenvalue weighted by atomic mass is 10.1. The number of ether oxygens (including phenoxy) is 3. The van der Waals surface area contributed by atoms with Crippen molar-refractivity contribution in [3.63, 3.8) is 0 Å². The zero-order valence-electron chi connectivity index (χ0n) is 15.5. The highest BCUT2D eigenvalue weighted by Crippen LogP contribution is 2.34. The Balaban J connectivity index is 2.28. The summed E-state index contributed by atoms with van der Waals surface area (Å²) in [6, 6.07) is 12.3. The Kier molecular flexibility index (Phi) is 8.48. The molecule has 0 bridgehead atoms. The van der Waals surface area contributed by atoms with Crippen molar-refractivity contribution in [3.8, 4) is 17.6 Å². The van der Waals surface area contributed by atoms with Gasteiger partial charge in [-0.2, -0.15) is 5.26 Å². The van der Waals surface area contributed by atoms with Crippen molar-refractivity contribution in [1.82, 2.24) is 0 Å². The van der Waals surface area contributed by atoms with Crippen LogP contribution in [0, 0.1) is 14.9 Å². The van der Waals surface area contributed by atoms with Crippen LogP contribution in [0.4, 0.5) is 5.69 Å². The molecule has 0 spiro atoms. The maximum atomic E-state index is 12.4. The smallest absolute Gasteiger partial charge is 0.343 e. The van der Waals surface area contributed by atoms with E-state index in [9.17, 15) is 14.9 Å². The molecule has 9 heteroatoms. The summed E-state index contributed by atoms with van der Waals surface area (Å²) in [5.74, 6) is -0.335. The Hall–Kier alpha value is -2.58. The molecule has 1 N–H and O–H groups in total. The number of amides is 1. The van der Waals surface area contributed by atoms with Gasteiger partial charge in [0.15, 0.2) is 18.1 Å². The van der Waals surface area contributed by atoms with E-state index in [0.717, 1.165) is 4.47 Å². The number of esters is 1. The number of nitriles is 1. The van der Waals surface area contributed by atoms with Crippen molar-refractivity contribution in [3.05, 3.63) is 55.6 Å². The molecular formula is C20H16BrIN2O5. The highest BCUT2D eigenvalue weighted by atomic mass is 127. The van der Waals surface area contributed by atoms with Crippen molar-refractivity contribution < 1.29 is 23.8 Å². The van der Waals surface area contributed by atoms with Gasteiger partial charge in [0.1, 0.15) is 11.6 Å². The Labute approximate surface area is 189 Å². The van der Waals surface area contributed by atoms with Crippen LogP contribution in [0.1, 0.15) is 5.56 Å². The molecule has 0 aliphatic heterocycles. The van der Waals surface area contributed by atoms with E-state index >= 15 is 0 Å². The third kappa shape index (κ3) is 6.47. The SMILES string of the molecule is COC(=O)COc1c(I)cc(/C=C(/C#N)C(=O)Nc2cccc(Br)c2)cc1OC. The minimum Gasteiger partial charge on any atom is -0.493 e. The van der Waals surface area contributed by atoms with E-state index in [1.807, 2.05) is 34.7 Å². The number of carbonyl (C=O) groups is 2. The highest BCUT2D eigenvalue weighted by molar-refractivity contribution is 14.1. The van der Waals surface area contributed by atoms with Gasteiger partial charge in [0, 0.05) is 10.2 Å². The van der Waals surface area contributed by atoms with E-state index in [0.29, 0.717) is 26.3 Å². The molecule has 0 fully saturated rings. The number of hydrogen-bond donors (Lipinski definition) is 1. The van der Waals surface area contributed by atoms with Gasteiger partial charge in [0.25, 0.3) is 5.91 Å². The Bertz CT molecular complexity index is 1000. The van der Waals surface area contributed by atoms with Crippen LogP contribution >= 0.6 is 38.5 Å². The van der Waals surface area contributed by atoms with Gasteiger partial charge in [-0.1, -0.05) is 22.0 Å². The van der Waals surface area contributed by atoms with Gasteiger partial charge in [-0.25, -0.2) is 4.79 Å². The number of hydrogen-bond acceptors (Lipinski definition) is 6. The lowest BCUT2D eigenvalue weighted by Gasteiger charge is -2.13. The molecule has 0 atom stereocenters. The fourth-order valence-corrected chi connectivity index (χ4v) is 3.41. The second kappa shape index (κ2) is 10.8. The molecule has 0 aliphatic rings. The largest absolute Gasteiger partial charge is 0.493 e. The van der Waals surface area contributed by atoms with Crippen LogP contribution in [0.15, 0.2) is 46.4 Å². The minimum atomic E-state index is -0.536. The summed E-state index contributed by atoms with van der Waals surface area (Å²) in [5, 5.41) is 12.1. The molecule has 0 radical (unpaired) electrons. The van der Waals surface area contributed by atoms with Gasteiger partial charge in [-0.15, -0.1) is 0 Å². The second-order valence-corrected chi connectivity index (χ2v) is 7.61. The molecule has 0 aromatic heterocycles. The summed E-state index contributed by atoms with van der Waals surface area (Å²) >= 11 is 5.35. The number of methoxy groups -OCH3 is 2. The first-order chi connectivity index (χ1) is 13.9. The van der Waals surface area contributed by atoms with Crippen molar-refractivity contribution in [2.45, 2.75) is 0 Å². The Morgan fingerprint density at radius 1 is 1.28 bits per heavy atom. The van der Waals surface area contributed by atoms with Crippen molar-refractivity contribution in [1.29, 1.82) is 5.26 Å². The zero-order valence-corrected chi connectivity index (χ0v) is 19.2. The van der Waals surface area contributed by atoms with Crippen LogP contribution in [-0.2, 0) is 14.3 Å². The molecule has 2 aromatic rings. The van der Waals surface area contributed by atoms with Crippen LogP contribution in [0.5, 0.6) is 11.5 Å². The topological polar surface area (TPSA) is 97.7 Å². The third-order valence-corrected chi connectivity index (χ3v) is 4.87. The van der Waals surface area contributed by atoms with E-state index in [-0.39, 0.29) is 12.2 Å². The molecule has 29 heavy (non-hydrogen) atoms. The molecule has 2 rings (SSSR count). The van der Waals surface area contributed by atoms with E-state index in [4.69, 9.17) is 9.47 Å². The fraction of sp³-hybridized carbons (Fsp3) is 0.150. The zero-order chi connectivity index (χ0) is 21.4. The molecule has 0 saturated carbocycles. The fourth-order valence-electron chi connectivity index (χ4n) is 2.23. The van der Waals surface area contributed by atoms with Crippen molar-refractivity contribution in [2.75, 3.05) is 26.1 Å². The summed E-state index contributed by atoms with van der Waals surface area (Å²) in [5.41, 5.74) is 1.05. The first-order valence-electron chi connectivity index (χ1n) is 8.13. The number of halogens is 2. The average molecular weight is 571 g/mol. The molecule has 2 aromatic carbocycles. The van der Waals surface area contributed by atoms with Gasteiger partial charge in [-0.3, -0.25) is 4.79 Å². The summed E-state index contributed by atoms with van der Waals surface area (Å²) in [4.78, 5) is 23.8. The predicted molar refractivity (Wildman–Crippen MR) is 120 cm³/mol. The first kappa shape index (κ1) is 22.7. The second-order valence-electron chi connectivity index (χ2n) is 5.53. The minimum absolute atomic E-state index is 0.0777. The van der Waals surface area contributed by atoms with Gasteiger partial charge in [0.05, 0.1) is 17.8 Å². The average Bonchev–Trinajstić information content (AvgIpc) is 2.70. The molecule has 0 saturated heterocycles. The third-order valence-electron chi connectivity index (χ3n) is 3.57. The molecule has 0 aliphatic carbocycles. The van der Waals surface area contributed by atoms with Gasteiger partial charge in [0.2, 0.25) is 0 Å². The van der Waals surface area contributed by atoms with Crippen molar-refractivity contribution >= 4 is 62.2 Å². The number of nitrogens with one attached hydrogen (secondary N) is 1. The standard InChI is InChI=1S/C20H16BrIN2O5/c1-27-17-8-12(7-16(22)19(17)29-11-18(25)28-2)6-13(10-23)20(26)24-15-5-3-4-14(21)9-15/h3-9H,11H2,1-2H3,(H,24,26)/b13-6-. The quantitative estimate of drug-likeness (QED) is 0.232. The molecule has 150 valence electrons. The lowest BCUT2D eigenvalue weighted by molar-refractivity contribution is -0.142. The van der Waals surface area contributed by atoms with Crippen LogP contribution in [0.25, 0.3) is 6.08 Å². The maximum absolute atomic E-state index is 12.4. The first-order valence-corrected chi connectivity index (χ1v) is 10.0. The summed E-state index contributed by atoms with van der Waals surface area (Å²) in [6.07, 6.45) is 1.45.